The Hall–Kier alpha value is -2.87. The number of hydrogen-bond acceptors (Lipinski definition) is 4. The molecule has 0 aliphatic carbocycles. The fraction of sp³-hybridized carbons (Fsp3) is 0.240. The molecule has 3 aromatic rings. The number of benzene rings is 3. The van der Waals surface area contributed by atoms with Crippen LogP contribution in [0.3, 0.4) is 0 Å². The van der Waals surface area contributed by atoms with Crippen LogP contribution in [0.25, 0.3) is 0 Å². The highest BCUT2D eigenvalue weighted by Crippen LogP contribution is 2.20. The van der Waals surface area contributed by atoms with Crippen LogP contribution in [0.1, 0.15) is 24.1 Å². The smallest absolute Gasteiger partial charge is 0.243 e. The van der Waals surface area contributed by atoms with Gasteiger partial charge in [-0.05, 0) is 60.9 Å². The third-order valence-electron chi connectivity index (χ3n) is 5.26. The summed E-state index contributed by atoms with van der Waals surface area (Å²) >= 11 is 5.92. The Morgan fingerprint density at radius 1 is 1.00 bits per heavy atom. The number of nitrogens with one attached hydrogen (secondary N) is 1. The lowest BCUT2D eigenvalue weighted by atomic mass is 10.1. The second kappa shape index (κ2) is 11.3. The van der Waals surface area contributed by atoms with E-state index in [1.165, 1.54) is 28.6 Å². The van der Waals surface area contributed by atoms with E-state index in [-0.39, 0.29) is 29.9 Å². The van der Waals surface area contributed by atoms with Gasteiger partial charge in [-0.15, -0.1) is 0 Å². The Kier molecular flexibility index (Phi) is 8.49. The van der Waals surface area contributed by atoms with Crippen LogP contribution in [0.2, 0.25) is 5.02 Å². The van der Waals surface area contributed by atoms with E-state index in [4.69, 9.17) is 16.3 Å². The number of methoxy groups -OCH3 is 1. The minimum absolute atomic E-state index is 0.0935. The highest BCUT2D eigenvalue weighted by atomic mass is 35.5. The maximum atomic E-state index is 13.3. The zero-order valence-corrected chi connectivity index (χ0v) is 20.1. The van der Waals surface area contributed by atoms with Crippen molar-refractivity contribution in [1.29, 1.82) is 0 Å². The van der Waals surface area contributed by atoms with Crippen molar-refractivity contribution in [2.45, 2.75) is 24.3 Å². The fourth-order valence-corrected chi connectivity index (χ4v) is 4.88. The second-order valence-corrected chi connectivity index (χ2v) is 9.96. The van der Waals surface area contributed by atoms with Gasteiger partial charge in [0.1, 0.15) is 5.75 Å². The van der Waals surface area contributed by atoms with Gasteiger partial charge in [0.15, 0.2) is 0 Å². The molecule has 1 atom stereocenters. The van der Waals surface area contributed by atoms with Crippen LogP contribution < -0.4 is 10.1 Å². The number of halogens is 1. The van der Waals surface area contributed by atoms with Gasteiger partial charge >= 0.3 is 0 Å². The first kappa shape index (κ1) is 24.8. The number of hydrogen-bond donors (Lipinski definition) is 1. The normalized spacial score (nSPS) is 12.4. The minimum Gasteiger partial charge on any atom is -0.497 e. The Morgan fingerprint density at radius 3 is 2.24 bits per heavy atom. The molecule has 174 valence electrons. The Bertz CT molecular complexity index is 1150. The van der Waals surface area contributed by atoms with E-state index in [1.807, 2.05) is 61.5 Å². The molecule has 0 saturated heterocycles. The highest BCUT2D eigenvalue weighted by molar-refractivity contribution is 7.89. The average Bonchev–Trinajstić information content (AvgIpc) is 2.82. The molecule has 0 unspecified atom stereocenters. The monoisotopic (exact) mass is 486 g/mol. The van der Waals surface area contributed by atoms with Crippen LogP contribution in [-0.4, -0.2) is 38.8 Å². The molecule has 0 bridgehead atoms. The van der Waals surface area contributed by atoms with Crippen molar-refractivity contribution in [2.24, 2.45) is 0 Å². The molecule has 0 fully saturated rings. The third kappa shape index (κ3) is 6.81. The van der Waals surface area contributed by atoms with Crippen molar-refractivity contribution >= 4 is 27.5 Å². The molecule has 3 aromatic carbocycles. The third-order valence-corrected chi connectivity index (χ3v) is 7.37. The summed E-state index contributed by atoms with van der Waals surface area (Å²) in [6.45, 7) is 1.72. The zero-order valence-electron chi connectivity index (χ0n) is 18.6. The average molecular weight is 487 g/mol. The van der Waals surface area contributed by atoms with Crippen LogP contribution >= 0.6 is 11.6 Å². The molecule has 0 aliphatic heterocycles. The lowest BCUT2D eigenvalue weighted by molar-refractivity contribution is -0.121. The van der Waals surface area contributed by atoms with Crippen LogP contribution in [0.15, 0.2) is 83.8 Å². The molecule has 1 N–H and O–H groups in total. The summed E-state index contributed by atoms with van der Waals surface area (Å²) in [7, 11) is -2.31. The number of amides is 1. The molecule has 1 amide bonds. The van der Waals surface area contributed by atoms with Gasteiger partial charge in [0.25, 0.3) is 0 Å². The molecule has 0 radical (unpaired) electrons. The molecule has 0 aliphatic rings. The molecule has 33 heavy (non-hydrogen) atoms. The quantitative estimate of drug-likeness (QED) is 0.459. The van der Waals surface area contributed by atoms with Gasteiger partial charge in [0, 0.05) is 11.6 Å². The number of ether oxygens (including phenoxy) is 1. The number of sulfonamides is 1. The van der Waals surface area contributed by atoms with Crippen molar-refractivity contribution in [2.75, 3.05) is 20.2 Å². The van der Waals surface area contributed by atoms with E-state index < -0.39 is 10.0 Å². The van der Waals surface area contributed by atoms with E-state index in [0.717, 1.165) is 16.9 Å². The topological polar surface area (TPSA) is 75.7 Å². The molecule has 0 saturated carbocycles. The van der Waals surface area contributed by atoms with Gasteiger partial charge in [0.2, 0.25) is 15.9 Å². The van der Waals surface area contributed by atoms with Gasteiger partial charge in [-0.25, -0.2) is 8.42 Å². The summed E-state index contributed by atoms with van der Waals surface area (Å²) in [5.74, 6) is 0.335. The highest BCUT2D eigenvalue weighted by Gasteiger charge is 2.27. The lowest BCUT2D eigenvalue weighted by Gasteiger charge is -2.23. The van der Waals surface area contributed by atoms with Crippen LogP contribution in [-0.2, 0) is 21.2 Å². The Morgan fingerprint density at radius 2 is 1.64 bits per heavy atom. The summed E-state index contributed by atoms with van der Waals surface area (Å²) in [5, 5.41) is 3.33. The number of carbonyl (C=O) groups is 1. The molecule has 0 heterocycles. The van der Waals surface area contributed by atoms with Gasteiger partial charge in [-0.2, -0.15) is 4.31 Å². The van der Waals surface area contributed by atoms with Crippen molar-refractivity contribution < 1.29 is 17.9 Å². The van der Waals surface area contributed by atoms with Crippen LogP contribution in [0, 0.1) is 0 Å². The summed E-state index contributed by atoms with van der Waals surface area (Å²) in [5.41, 5.74) is 1.88. The van der Waals surface area contributed by atoms with E-state index >= 15 is 0 Å². The fourth-order valence-electron chi connectivity index (χ4n) is 3.36. The number of carbonyl (C=O) groups excluding carboxylic acids is 1. The van der Waals surface area contributed by atoms with Crippen LogP contribution in [0.5, 0.6) is 5.75 Å². The first-order valence-electron chi connectivity index (χ1n) is 10.5. The van der Waals surface area contributed by atoms with Crippen LogP contribution in [0.4, 0.5) is 0 Å². The van der Waals surface area contributed by atoms with E-state index in [2.05, 4.69) is 5.32 Å². The first-order valence-corrected chi connectivity index (χ1v) is 12.3. The molecular weight excluding hydrogens is 460 g/mol. The largest absolute Gasteiger partial charge is 0.497 e. The number of nitrogens with zero attached hydrogens (tertiary/aromatic N) is 1. The van der Waals surface area contributed by atoms with E-state index in [1.54, 1.807) is 7.11 Å². The second-order valence-electron chi connectivity index (χ2n) is 7.59. The van der Waals surface area contributed by atoms with Crippen molar-refractivity contribution in [3.63, 3.8) is 0 Å². The van der Waals surface area contributed by atoms with Crippen molar-refractivity contribution in [3.8, 4) is 5.75 Å². The van der Waals surface area contributed by atoms with E-state index in [0.29, 0.717) is 11.4 Å². The van der Waals surface area contributed by atoms with Gasteiger partial charge in [0.05, 0.1) is 24.6 Å². The molecule has 6 nitrogen and oxygen atoms in total. The Balaban J connectivity index is 1.75. The molecule has 3 rings (SSSR count). The lowest BCUT2D eigenvalue weighted by Crippen LogP contribution is -2.42. The predicted molar refractivity (Wildman–Crippen MR) is 130 cm³/mol. The summed E-state index contributed by atoms with van der Waals surface area (Å²) < 4.78 is 33.0. The maximum absolute atomic E-state index is 13.3. The molecule has 8 heteroatoms. The summed E-state index contributed by atoms with van der Waals surface area (Å²) in [6.07, 6.45) is 0.481. The summed E-state index contributed by atoms with van der Waals surface area (Å²) in [6, 6.07) is 22.6. The molecule has 0 aromatic heterocycles. The van der Waals surface area contributed by atoms with Gasteiger partial charge < -0.3 is 10.1 Å². The predicted octanol–water partition coefficient (Wildman–Crippen LogP) is 4.46. The molecule has 0 spiro atoms. The maximum Gasteiger partial charge on any atom is 0.243 e. The summed E-state index contributed by atoms with van der Waals surface area (Å²) in [4.78, 5) is 12.9. The van der Waals surface area contributed by atoms with E-state index in [9.17, 15) is 13.2 Å². The zero-order chi connectivity index (χ0) is 23.8. The first-order chi connectivity index (χ1) is 15.8. The van der Waals surface area contributed by atoms with Gasteiger partial charge in [-0.3, -0.25) is 4.79 Å². The van der Waals surface area contributed by atoms with Crippen molar-refractivity contribution in [3.05, 3.63) is 95.0 Å². The molecular formula is C25H27ClN2O4S. The standard InChI is InChI=1S/C25H27ClN2O4S/c1-19(21-8-12-23(32-2)13-9-21)27-25(29)18-28(17-16-20-6-4-3-5-7-20)33(30,31)24-14-10-22(26)11-15-24/h3-15,19H,16-18H2,1-2H3,(H,27,29)/t19-/m1/s1. The minimum atomic E-state index is -3.90. The SMILES string of the molecule is COc1ccc([C@@H](C)NC(=O)CN(CCc2ccccc2)S(=O)(=O)c2ccc(Cl)cc2)cc1. The Labute approximate surface area is 200 Å². The number of rotatable bonds is 10. The van der Waals surface area contributed by atoms with Gasteiger partial charge in [-0.1, -0.05) is 54.1 Å². The van der Waals surface area contributed by atoms with Crippen molar-refractivity contribution in [1.82, 2.24) is 9.62 Å².